The molecule has 5 heteroatoms. The fourth-order valence-corrected chi connectivity index (χ4v) is 3.16. The molecule has 1 aliphatic rings. The Bertz CT molecular complexity index is 603. The normalized spacial score (nSPS) is 15.9. The smallest absolute Gasteiger partial charge is 0.244 e. The van der Waals surface area contributed by atoms with Gasteiger partial charge in [0.1, 0.15) is 22.4 Å². The fourth-order valence-electron chi connectivity index (χ4n) is 1.55. The molecule has 1 aromatic rings. The number of thioether (sulfide) groups is 2. The zero-order chi connectivity index (χ0) is 15.1. The highest BCUT2D eigenvalue weighted by Crippen LogP contribution is 2.31. The molecular weight excluding hydrogens is 302 g/mol. The van der Waals surface area contributed by atoms with Crippen LogP contribution in [0.1, 0.15) is 5.56 Å². The Kier molecular flexibility index (Phi) is 5.90. The third-order valence-corrected chi connectivity index (χ3v) is 4.48. The molecule has 21 heavy (non-hydrogen) atoms. The lowest BCUT2D eigenvalue weighted by Gasteiger charge is -2.02. The first-order valence-corrected chi connectivity index (χ1v) is 8.13. The summed E-state index contributed by atoms with van der Waals surface area (Å²) in [5.74, 6) is 1.52. The number of rotatable bonds is 6. The Morgan fingerprint density at radius 2 is 2.00 bits per heavy atom. The maximum Gasteiger partial charge on any atom is 0.244 e. The average Bonchev–Trinajstić information content (AvgIpc) is 2.84. The van der Waals surface area contributed by atoms with E-state index in [1.165, 1.54) is 23.5 Å². The van der Waals surface area contributed by atoms with Crippen LogP contribution in [0.25, 0.3) is 6.08 Å². The summed E-state index contributed by atoms with van der Waals surface area (Å²) in [4.78, 5) is 16.2. The molecule has 0 radical (unpaired) electrons. The monoisotopic (exact) mass is 317 g/mol. The Morgan fingerprint density at radius 3 is 2.67 bits per heavy atom. The quantitative estimate of drug-likeness (QED) is 0.584. The summed E-state index contributed by atoms with van der Waals surface area (Å²) in [5.41, 5.74) is 1.40. The molecule has 0 spiro atoms. The molecule has 0 amide bonds. The van der Waals surface area contributed by atoms with Crippen LogP contribution in [0.2, 0.25) is 0 Å². The van der Waals surface area contributed by atoms with Crippen molar-refractivity contribution in [3.8, 4) is 5.75 Å². The van der Waals surface area contributed by atoms with Crippen molar-refractivity contribution in [1.29, 1.82) is 0 Å². The minimum Gasteiger partial charge on any atom is -0.490 e. The Labute approximate surface area is 132 Å². The molecule has 1 aliphatic heterocycles. The molecule has 1 heterocycles. The molecule has 0 bridgehead atoms. The van der Waals surface area contributed by atoms with E-state index in [1.807, 2.05) is 24.3 Å². The molecule has 0 N–H and O–H groups in total. The zero-order valence-corrected chi connectivity index (χ0v) is 13.1. The molecule has 0 fully saturated rings. The van der Waals surface area contributed by atoms with Gasteiger partial charge in [-0.1, -0.05) is 42.6 Å². The highest BCUT2D eigenvalue weighted by atomic mass is 32.2. The van der Waals surface area contributed by atoms with Crippen molar-refractivity contribution in [3.63, 3.8) is 0 Å². The van der Waals surface area contributed by atoms with Crippen LogP contribution in [0.4, 0.5) is 0 Å². The summed E-state index contributed by atoms with van der Waals surface area (Å²) in [7, 11) is 0. The van der Waals surface area contributed by atoms with Crippen molar-refractivity contribution in [2.45, 2.75) is 0 Å². The Balaban J connectivity index is 2.08. The van der Waals surface area contributed by atoms with Gasteiger partial charge in [0.05, 0.1) is 0 Å². The third kappa shape index (κ3) is 4.65. The van der Waals surface area contributed by atoms with E-state index >= 15 is 0 Å². The summed E-state index contributed by atoms with van der Waals surface area (Å²) in [6, 6.07) is 7.51. The van der Waals surface area contributed by atoms with Gasteiger partial charge in [0.15, 0.2) is 0 Å². The minimum atomic E-state index is -0.0199. The molecular formula is C16H15NO2S2. The van der Waals surface area contributed by atoms with Crippen molar-refractivity contribution in [1.82, 2.24) is 0 Å². The number of nitrogens with zero attached hydrogens (tertiary/aromatic N) is 1. The predicted molar refractivity (Wildman–Crippen MR) is 92.8 cm³/mol. The lowest BCUT2D eigenvalue weighted by Crippen LogP contribution is -1.92. The molecule has 0 saturated carbocycles. The largest absolute Gasteiger partial charge is 0.490 e. The van der Waals surface area contributed by atoms with Gasteiger partial charge in [0, 0.05) is 5.75 Å². The van der Waals surface area contributed by atoms with Crippen molar-refractivity contribution in [2.24, 2.45) is 4.99 Å². The standard InChI is InChI=1S/C16H15NO2S2/c1-3-9-19-13-7-5-12(6-8-13)11-14-15(18)21-16(17-14)20-10-4-2/h3-8,11H,1-2,9-10H2/b14-11-. The van der Waals surface area contributed by atoms with Crippen LogP contribution < -0.4 is 4.74 Å². The summed E-state index contributed by atoms with van der Waals surface area (Å²) in [6.07, 6.45) is 5.28. The summed E-state index contributed by atoms with van der Waals surface area (Å²) in [5, 5.41) is -0.0199. The van der Waals surface area contributed by atoms with E-state index < -0.39 is 0 Å². The van der Waals surface area contributed by atoms with Crippen LogP contribution >= 0.6 is 23.5 Å². The van der Waals surface area contributed by atoms with Gasteiger partial charge in [-0.25, -0.2) is 4.99 Å². The summed E-state index contributed by atoms with van der Waals surface area (Å²) >= 11 is 2.69. The molecule has 0 atom stereocenters. The van der Waals surface area contributed by atoms with Gasteiger partial charge in [-0.15, -0.1) is 6.58 Å². The van der Waals surface area contributed by atoms with Gasteiger partial charge in [-0.05, 0) is 35.5 Å². The van der Waals surface area contributed by atoms with Gasteiger partial charge in [-0.3, -0.25) is 4.79 Å². The summed E-state index contributed by atoms with van der Waals surface area (Å²) in [6.45, 7) is 7.73. The van der Waals surface area contributed by atoms with E-state index in [0.717, 1.165) is 21.4 Å². The van der Waals surface area contributed by atoms with Crippen LogP contribution in [0.3, 0.4) is 0 Å². The van der Waals surface area contributed by atoms with Gasteiger partial charge in [-0.2, -0.15) is 0 Å². The predicted octanol–water partition coefficient (Wildman–Crippen LogP) is 4.14. The highest BCUT2D eigenvalue weighted by molar-refractivity contribution is 8.45. The SMILES string of the molecule is C=CCOc1ccc(/C=C2\N=C(SCC=C)SC2=O)cc1. The number of hydrogen-bond donors (Lipinski definition) is 0. The van der Waals surface area contributed by atoms with E-state index in [2.05, 4.69) is 18.2 Å². The highest BCUT2D eigenvalue weighted by Gasteiger charge is 2.21. The summed E-state index contributed by atoms with van der Waals surface area (Å²) < 4.78 is 6.19. The van der Waals surface area contributed by atoms with E-state index in [9.17, 15) is 4.79 Å². The van der Waals surface area contributed by atoms with Gasteiger partial charge in [0.2, 0.25) is 5.12 Å². The number of hydrogen-bond acceptors (Lipinski definition) is 5. The van der Waals surface area contributed by atoms with Crippen molar-refractivity contribution in [3.05, 3.63) is 60.8 Å². The van der Waals surface area contributed by atoms with Gasteiger partial charge < -0.3 is 4.74 Å². The fraction of sp³-hybridized carbons (Fsp3) is 0.125. The van der Waals surface area contributed by atoms with Crippen LogP contribution in [0, 0.1) is 0 Å². The van der Waals surface area contributed by atoms with E-state index in [1.54, 1.807) is 18.2 Å². The number of carbonyl (C=O) groups excluding carboxylic acids is 1. The van der Waals surface area contributed by atoms with Crippen LogP contribution in [-0.4, -0.2) is 21.9 Å². The maximum absolute atomic E-state index is 11.9. The van der Waals surface area contributed by atoms with Crippen LogP contribution in [0.15, 0.2) is 60.3 Å². The number of carbonyl (C=O) groups is 1. The zero-order valence-electron chi connectivity index (χ0n) is 11.5. The molecule has 0 aliphatic carbocycles. The van der Waals surface area contributed by atoms with E-state index in [0.29, 0.717) is 12.3 Å². The molecule has 2 rings (SSSR count). The second-order valence-corrected chi connectivity index (χ2v) is 6.29. The molecule has 108 valence electrons. The average molecular weight is 317 g/mol. The van der Waals surface area contributed by atoms with E-state index in [4.69, 9.17) is 4.74 Å². The molecule has 0 saturated heterocycles. The molecule has 0 unspecified atom stereocenters. The topological polar surface area (TPSA) is 38.7 Å². The van der Waals surface area contributed by atoms with Gasteiger partial charge in [0.25, 0.3) is 0 Å². The second kappa shape index (κ2) is 7.90. The maximum atomic E-state index is 11.9. The minimum absolute atomic E-state index is 0.0199. The van der Waals surface area contributed by atoms with Crippen molar-refractivity contribution >= 4 is 39.1 Å². The molecule has 0 aromatic heterocycles. The lowest BCUT2D eigenvalue weighted by molar-refractivity contribution is -0.107. The van der Waals surface area contributed by atoms with Crippen molar-refractivity contribution in [2.75, 3.05) is 12.4 Å². The number of benzene rings is 1. The van der Waals surface area contributed by atoms with Crippen LogP contribution in [-0.2, 0) is 4.79 Å². The number of ether oxygens (including phenoxy) is 1. The third-order valence-electron chi connectivity index (χ3n) is 2.48. The van der Waals surface area contributed by atoms with Crippen LogP contribution in [0.5, 0.6) is 5.75 Å². The first kappa shape index (κ1) is 15.7. The van der Waals surface area contributed by atoms with Crippen molar-refractivity contribution < 1.29 is 9.53 Å². The second-order valence-electron chi connectivity index (χ2n) is 4.07. The van der Waals surface area contributed by atoms with Gasteiger partial charge >= 0.3 is 0 Å². The first-order chi connectivity index (χ1) is 10.2. The Hall–Kier alpha value is -1.72. The number of aliphatic imine (C=N–C) groups is 1. The Morgan fingerprint density at radius 1 is 1.24 bits per heavy atom. The molecule has 3 nitrogen and oxygen atoms in total. The lowest BCUT2D eigenvalue weighted by atomic mass is 10.2. The van der Waals surface area contributed by atoms with E-state index in [-0.39, 0.29) is 5.12 Å². The molecule has 1 aromatic carbocycles. The first-order valence-electron chi connectivity index (χ1n) is 6.33.